The molecule has 0 saturated heterocycles. The predicted octanol–water partition coefficient (Wildman–Crippen LogP) is 5.24. The number of ether oxygens (including phenoxy) is 1. The quantitative estimate of drug-likeness (QED) is 0.422. The molecule has 0 aliphatic carbocycles. The molecule has 22 heavy (non-hydrogen) atoms. The van der Waals surface area contributed by atoms with Gasteiger partial charge in [0.2, 0.25) is 0 Å². The minimum absolute atomic E-state index is 0.836. The molecule has 1 N–H and O–H groups in total. The lowest BCUT2D eigenvalue weighted by Crippen LogP contribution is -2.04. The molecule has 5 rings (SSSR count). The molecule has 3 heteroatoms. The van der Waals surface area contributed by atoms with E-state index in [2.05, 4.69) is 34.6 Å². The number of fused-ring (bicyclic) bond motifs is 6. The van der Waals surface area contributed by atoms with Crippen LogP contribution in [0.25, 0.3) is 21.7 Å². The summed E-state index contributed by atoms with van der Waals surface area (Å²) in [6, 6.07) is 20.4. The van der Waals surface area contributed by atoms with Crippen molar-refractivity contribution in [3.63, 3.8) is 0 Å². The lowest BCUT2D eigenvalue weighted by molar-refractivity contribution is 0.483. The van der Waals surface area contributed by atoms with Crippen LogP contribution in [0.2, 0.25) is 0 Å². The highest BCUT2D eigenvalue weighted by Gasteiger charge is 2.20. The molecule has 2 heterocycles. The third kappa shape index (κ3) is 1.53. The Labute approximate surface area is 127 Å². The SMILES string of the molecule is c1ccc2c3c(ccc2c1)Oc1ccc2ncccc2c1N3. The standard InChI is InChI=1S/C19H12N2O/c1-2-5-13-12(4-1)7-9-16-18(13)21-19-14-6-3-11-20-15(14)8-10-17(19)22-16/h1-11,21H. The zero-order chi connectivity index (χ0) is 14.5. The molecule has 0 spiro atoms. The van der Waals surface area contributed by atoms with Gasteiger partial charge in [-0.1, -0.05) is 30.3 Å². The molecule has 0 saturated carbocycles. The first-order chi connectivity index (χ1) is 10.9. The Morgan fingerprint density at radius 3 is 2.45 bits per heavy atom. The molecule has 1 aliphatic heterocycles. The van der Waals surface area contributed by atoms with E-state index < -0.39 is 0 Å². The smallest absolute Gasteiger partial charge is 0.151 e. The Balaban J connectivity index is 1.80. The molecular formula is C19H12N2O. The van der Waals surface area contributed by atoms with E-state index in [4.69, 9.17) is 4.74 Å². The number of benzene rings is 3. The van der Waals surface area contributed by atoms with Crippen LogP contribution >= 0.6 is 0 Å². The van der Waals surface area contributed by atoms with Gasteiger partial charge >= 0.3 is 0 Å². The number of hydrogen-bond donors (Lipinski definition) is 1. The van der Waals surface area contributed by atoms with Crippen molar-refractivity contribution in [3.8, 4) is 11.5 Å². The summed E-state index contributed by atoms with van der Waals surface area (Å²) >= 11 is 0. The van der Waals surface area contributed by atoms with Crippen LogP contribution in [0.5, 0.6) is 11.5 Å². The fourth-order valence-corrected chi connectivity index (χ4v) is 3.06. The zero-order valence-electron chi connectivity index (χ0n) is 11.7. The normalized spacial score (nSPS) is 12.4. The molecule has 0 radical (unpaired) electrons. The molecule has 3 nitrogen and oxygen atoms in total. The average Bonchev–Trinajstić information content (AvgIpc) is 2.60. The number of hydrogen-bond acceptors (Lipinski definition) is 3. The maximum absolute atomic E-state index is 6.10. The van der Waals surface area contributed by atoms with Gasteiger partial charge < -0.3 is 10.1 Å². The summed E-state index contributed by atoms with van der Waals surface area (Å²) < 4.78 is 6.10. The van der Waals surface area contributed by atoms with E-state index in [0.29, 0.717) is 0 Å². The number of rotatable bonds is 0. The molecule has 3 aromatic carbocycles. The summed E-state index contributed by atoms with van der Waals surface area (Å²) in [7, 11) is 0. The van der Waals surface area contributed by atoms with Crippen LogP contribution in [0.15, 0.2) is 66.9 Å². The topological polar surface area (TPSA) is 34.1 Å². The van der Waals surface area contributed by atoms with Crippen LogP contribution in [0, 0.1) is 0 Å². The summed E-state index contributed by atoms with van der Waals surface area (Å²) in [5, 5.41) is 6.98. The molecule has 0 amide bonds. The van der Waals surface area contributed by atoms with Gasteiger partial charge in [0.05, 0.1) is 16.9 Å². The Hall–Kier alpha value is -3.07. The van der Waals surface area contributed by atoms with Crippen molar-refractivity contribution in [2.24, 2.45) is 0 Å². The predicted molar refractivity (Wildman–Crippen MR) is 89.0 cm³/mol. The summed E-state index contributed by atoms with van der Waals surface area (Å²) in [4.78, 5) is 4.41. The fourth-order valence-electron chi connectivity index (χ4n) is 3.06. The van der Waals surface area contributed by atoms with E-state index in [9.17, 15) is 0 Å². The zero-order valence-corrected chi connectivity index (χ0v) is 11.7. The Morgan fingerprint density at radius 1 is 0.727 bits per heavy atom. The van der Waals surface area contributed by atoms with Gasteiger partial charge in [-0.3, -0.25) is 4.98 Å². The van der Waals surface area contributed by atoms with Crippen LogP contribution in [0.1, 0.15) is 0 Å². The maximum atomic E-state index is 6.10. The van der Waals surface area contributed by atoms with E-state index in [0.717, 1.165) is 39.2 Å². The molecule has 4 aromatic rings. The largest absolute Gasteiger partial charge is 0.453 e. The van der Waals surface area contributed by atoms with Gasteiger partial charge in [0.25, 0.3) is 0 Å². The summed E-state index contributed by atoms with van der Waals surface area (Å²) in [6.07, 6.45) is 1.81. The second-order valence-electron chi connectivity index (χ2n) is 5.40. The summed E-state index contributed by atoms with van der Waals surface area (Å²) in [5.41, 5.74) is 2.96. The van der Waals surface area contributed by atoms with Gasteiger partial charge in [0.15, 0.2) is 11.5 Å². The Bertz CT molecular complexity index is 957. The second-order valence-corrected chi connectivity index (χ2v) is 5.40. The van der Waals surface area contributed by atoms with Gasteiger partial charge in [-0.25, -0.2) is 0 Å². The van der Waals surface area contributed by atoms with Crippen molar-refractivity contribution in [1.82, 2.24) is 4.98 Å². The van der Waals surface area contributed by atoms with E-state index in [1.54, 1.807) is 0 Å². The third-order valence-electron chi connectivity index (χ3n) is 4.11. The summed E-state index contributed by atoms with van der Waals surface area (Å²) in [6.45, 7) is 0. The van der Waals surface area contributed by atoms with Crippen LogP contribution in [-0.2, 0) is 0 Å². The number of anilines is 2. The lowest BCUT2D eigenvalue weighted by Gasteiger charge is -2.24. The van der Waals surface area contributed by atoms with Crippen LogP contribution in [0.4, 0.5) is 11.4 Å². The molecule has 1 aromatic heterocycles. The first-order valence-electron chi connectivity index (χ1n) is 7.24. The molecule has 104 valence electrons. The highest BCUT2D eigenvalue weighted by Crippen LogP contribution is 2.47. The monoisotopic (exact) mass is 284 g/mol. The minimum Gasteiger partial charge on any atom is -0.453 e. The van der Waals surface area contributed by atoms with E-state index in [1.807, 2.05) is 42.6 Å². The molecule has 1 aliphatic rings. The van der Waals surface area contributed by atoms with E-state index in [1.165, 1.54) is 5.39 Å². The molecule has 0 atom stereocenters. The Morgan fingerprint density at radius 2 is 1.50 bits per heavy atom. The third-order valence-corrected chi connectivity index (χ3v) is 4.11. The van der Waals surface area contributed by atoms with Gasteiger partial charge in [-0.2, -0.15) is 0 Å². The van der Waals surface area contributed by atoms with Crippen LogP contribution < -0.4 is 10.1 Å². The minimum atomic E-state index is 0.836. The van der Waals surface area contributed by atoms with Crippen molar-refractivity contribution in [1.29, 1.82) is 0 Å². The van der Waals surface area contributed by atoms with Crippen molar-refractivity contribution in [2.45, 2.75) is 0 Å². The van der Waals surface area contributed by atoms with E-state index in [-0.39, 0.29) is 0 Å². The van der Waals surface area contributed by atoms with Crippen LogP contribution in [0.3, 0.4) is 0 Å². The van der Waals surface area contributed by atoms with Crippen molar-refractivity contribution in [2.75, 3.05) is 5.32 Å². The van der Waals surface area contributed by atoms with Gasteiger partial charge in [0.1, 0.15) is 0 Å². The van der Waals surface area contributed by atoms with Crippen molar-refractivity contribution < 1.29 is 4.74 Å². The molecular weight excluding hydrogens is 272 g/mol. The van der Waals surface area contributed by atoms with Gasteiger partial charge in [-0.15, -0.1) is 0 Å². The first kappa shape index (κ1) is 11.6. The first-order valence-corrected chi connectivity index (χ1v) is 7.24. The van der Waals surface area contributed by atoms with Crippen LogP contribution in [-0.4, -0.2) is 4.98 Å². The number of nitrogens with one attached hydrogen (secondary N) is 1. The van der Waals surface area contributed by atoms with Crippen molar-refractivity contribution >= 4 is 33.1 Å². The Kier molecular flexibility index (Phi) is 2.22. The fraction of sp³-hybridized carbons (Fsp3) is 0. The van der Waals surface area contributed by atoms with Gasteiger partial charge in [0, 0.05) is 17.0 Å². The molecule has 0 bridgehead atoms. The highest BCUT2D eigenvalue weighted by molar-refractivity contribution is 6.05. The maximum Gasteiger partial charge on any atom is 0.151 e. The highest BCUT2D eigenvalue weighted by atomic mass is 16.5. The second kappa shape index (κ2) is 4.21. The lowest BCUT2D eigenvalue weighted by atomic mass is 10.1. The summed E-state index contributed by atoms with van der Waals surface area (Å²) in [5.74, 6) is 1.69. The number of aromatic nitrogens is 1. The van der Waals surface area contributed by atoms with Gasteiger partial charge in [-0.05, 0) is 35.7 Å². The van der Waals surface area contributed by atoms with Crippen molar-refractivity contribution in [3.05, 3.63) is 66.9 Å². The average molecular weight is 284 g/mol. The molecule has 0 fully saturated rings. The van der Waals surface area contributed by atoms with E-state index >= 15 is 0 Å². The number of nitrogens with zero attached hydrogens (tertiary/aromatic N) is 1. The number of pyridine rings is 1. The molecule has 0 unspecified atom stereocenters.